The predicted molar refractivity (Wildman–Crippen MR) is 106 cm³/mol. The Morgan fingerprint density at radius 2 is 1.96 bits per heavy atom. The second kappa shape index (κ2) is 8.34. The van der Waals surface area contributed by atoms with Gasteiger partial charge in [-0.3, -0.25) is 4.79 Å². The third-order valence-electron chi connectivity index (χ3n) is 4.80. The lowest BCUT2D eigenvalue weighted by atomic mass is 10.2. The van der Waals surface area contributed by atoms with Gasteiger partial charge in [0.15, 0.2) is 5.76 Å². The SMILES string of the molecule is CCN(Cc1cc(Br)ccc1F)C(=O)c1cc(S(=O)(=O)N2CCCC2)c(C)o1. The summed E-state index contributed by atoms with van der Waals surface area (Å²) in [6.07, 6.45) is 1.65. The van der Waals surface area contributed by atoms with Crippen LogP contribution in [0.1, 0.15) is 41.6 Å². The minimum atomic E-state index is -3.68. The molecule has 0 radical (unpaired) electrons. The van der Waals surface area contributed by atoms with E-state index in [1.54, 1.807) is 19.1 Å². The van der Waals surface area contributed by atoms with Gasteiger partial charge >= 0.3 is 0 Å². The lowest BCUT2D eigenvalue weighted by Crippen LogP contribution is -2.30. The number of carbonyl (C=O) groups is 1. The summed E-state index contributed by atoms with van der Waals surface area (Å²) in [5.74, 6) is -0.775. The molecule has 1 aromatic carbocycles. The quantitative estimate of drug-likeness (QED) is 0.638. The van der Waals surface area contributed by atoms with Gasteiger partial charge in [0, 0.05) is 42.3 Å². The molecular weight excluding hydrogens is 451 g/mol. The summed E-state index contributed by atoms with van der Waals surface area (Å²) >= 11 is 3.30. The topological polar surface area (TPSA) is 70.8 Å². The van der Waals surface area contributed by atoms with E-state index in [4.69, 9.17) is 4.42 Å². The number of benzene rings is 1. The first-order chi connectivity index (χ1) is 13.2. The van der Waals surface area contributed by atoms with Gasteiger partial charge in [-0.2, -0.15) is 4.31 Å². The Balaban J connectivity index is 1.86. The molecule has 0 N–H and O–H groups in total. The van der Waals surface area contributed by atoms with Crippen molar-refractivity contribution in [2.24, 2.45) is 0 Å². The van der Waals surface area contributed by atoms with Crippen LogP contribution < -0.4 is 0 Å². The maximum atomic E-state index is 14.1. The first-order valence-corrected chi connectivity index (χ1v) is 11.3. The van der Waals surface area contributed by atoms with E-state index in [1.807, 2.05) is 0 Å². The van der Waals surface area contributed by atoms with Crippen LogP contribution in [0.5, 0.6) is 0 Å². The van der Waals surface area contributed by atoms with Gasteiger partial charge in [0.25, 0.3) is 5.91 Å². The Hall–Kier alpha value is -1.71. The maximum Gasteiger partial charge on any atom is 0.289 e. The zero-order valence-corrected chi connectivity index (χ0v) is 18.1. The van der Waals surface area contributed by atoms with Crippen LogP contribution in [0.4, 0.5) is 4.39 Å². The van der Waals surface area contributed by atoms with Gasteiger partial charge in [-0.05, 0) is 44.9 Å². The van der Waals surface area contributed by atoms with Crippen LogP contribution in [-0.4, -0.2) is 43.2 Å². The number of amides is 1. The molecule has 2 aromatic rings. The van der Waals surface area contributed by atoms with Crippen LogP contribution in [0.25, 0.3) is 0 Å². The van der Waals surface area contributed by atoms with Crippen molar-refractivity contribution in [2.75, 3.05) is 19.6 Å². The molecule has 28 heavy (non-hydrogen) atoms. The Kier molecular flexibility index (Phi) is 6.26. The van der Waals surface area contributed by atoms with Gasteiger partial charge in [-0.15, -0.1) is 0 Å². The minimum absolute atomic E-state index is 0.0161. The summed E-state index contributed by atoms with van der Waals surface area (Å²) in [5, 5.41) is 0. The fraction of sp³-hybridized carbons (Fsp3) is 0.421. The minimum Gasteiger partial charge on any atom is -0.455 e. The van der Waals surface area contributed by atoms with E-state index in [0.29, 0.717) is 29.7 Å². The third kappa shape index (κ3) is 4.16. The van der Waals surface area contributed by atoms with E-state index in [-0.39, 0.29) is 23.0 Å². The molecule has 0 saturated carbocycles. The molecule has 1 saturated heterocycles. The molecule has 9 heteroatoms. The monoisotopic (exact) mass is 472 g/mol. The number of carbonyl (C=O) groups excluding carboxylic acids is 1. The van der Waals surface area contributed by atoms with Crippen molar-refractivity contribution in [3.05, 3.63) is 51.6 Å². The number of rotatable bonds is 6. The van der Waals surface area contributed by atoms with Crippen molar-refractivity contribution in [3.8, 4) is 0 Å². The number of sulfonamides is 1. The molecule has 1 amide bonds. The molecule has 0 aliphatic carbocycles. The Labute approximate surface area is 172 Å². The van der Waals surface area contributed by atoms with Crippen LogP contribution in [0, 0.1) is 12.7 Å². The highest BCUT2D eigenvalue weighted by Crippen LogP contribution is 2.27. The molecule has 1 fully saturated rings. The average molecular weight is 473 g/mol. The smallest absolute Gasteiger partial charge is 0.289 e. The van der Waals surface area contributed by atoms with Crippen LogP contribution in [0.15, 0.2) is 38.1 Å². The highest BCUT2D eigenvalue weighted by molar-refractivity contribution is 9.10. The fourth-order valence-electron chi connectivity index (χ4n) is 3.25. The molecule has 1 aromatic heterocycles. The summed E-state index contributed by atoms with van der Waals surface area (Å²) in [4.78, 5) is 14.3. The third-order valence-corrected chi connectivity index (χ3v) is 7.30. The van der Waals surface area contributed by atoms with Crippen molar-refractivity contribution < 1.29 is 22.0 Å². The lowest BCUT2D eigenvalue weighted by molar-refractivity contribution is 0.0717. The van der Waals surface area contributed by atoms with Crippen molar-refractivity contribution in [1.82, 2.24) is 9.21 Å². The van der Waals surface area contributed by atoms with E-state index in [9.17, 15) is 17.6 Å². The van der Waals surface area contributed by atoms with Crippen LogP contribution in [0.2, 0.25) is 0 Å². The Morgan fingerprint density at radius 3 is 2.61 bits per heavy atom. The van der Waals surface area contributed by atoms with Gasteiger partial charge in [0.1, 0.15) is 16.5 Å². The highest BCUT2D eigenvalue weighted by atomic mass is 79.9. The molecule has 0 atom stereocenters. The summed E-state index contributed by atoms with van der Waals surface area (Å²) in [7, 11) is -3.68. The molecule has 1 aliphatic rings. The number of halogens is 2. The normalized spacial score (nSPS) is 15.1. The van der Waals surface area contributed by atoms with Crippen LogP contribution in [-0.2, 0) is 16.6 Å². The fourth-order valence-corrected chi connectivity index (χ4v) is 5.33. The van der Waals surface area contributed by atoms with Gasteiger partial charge in [0.2, 0.25) is 10.0 Å². The standard InChI is InChI=1S/C19H22BrFN2O4S/c1-3-22(12-14-10-15(20)6-7-16(14)21)19(24)17-11-18(13(2)27-17)28(25,26)23-8-4-5-9-23/h6-7,10-11H,3-5,8-9,12H2,1-2H3. The Morgan fingerprint density at radius 1 is 1.29 bits per heavy atom. The van der Waals surface area contributed by atoms with Gasteiger partial charge < -0.3 is 9.32 Å². The van der Waals surface area contributed by atoms with E-state index >= 15 is 0 Å². The predicted octanol–water partition coefficient (Wildman–Crippen LogP) is 3.94. The summed E-state index contributed by atoms with van der Waals surface area (Å²) in [6.45, 7) is 4.61. The number of furan rings is 1. The zero-order valence-electron chi connectivity index (χ0n) is 15.7. The summed E-state index contributed by atoms with van der Waals surface area (Å²) in [5.41, 5.74) is 0.359. The van der Waals surface area contributed by atoms with Crippen molar-refractivity contribution in [3.63, 3.8) is 0 Å². The maximum absolute atomic E-state index is 14.1. The molecule has 2 heterocycles. The second-order valence-corrected chi connectivity index (χ2v) is 9.52. The highest BCUT2D eigenvalue weighted by Gasteiger charge is 2.32. The summed E-state index contributed by atoms with van der Waals surface area (Å²) < 4.78 is 47.3. The van der Waals surface area contributed by atoms with Crippen LogP contribution in [0.3, 0.4) is 0 Å². The van der Waals surface area contributed by atoms with E-state index < -0.39 is 21.7 Å². The van der Waals surface area contributed by atoms with Crippen LogP contribution >= 0.6 is 15.9 Å². The molecular formula is C19H22BrFN2O4S. The van der Waals surface area contributed by atoms with Crippen molar-refractivity contribution >= 4 is 31.9 Å². The van der Waals surface area contributed by atoms with Gasteiger partial charge in [-0.1, -0.05) is 15.9 Å². The van der Waals surface area contributed by atoms with E-state index in [0.717, 1.165) is 12.8 Å². The number of nitrogens with zero attached hydrogens (tertiary/aromatic N) is 2. The molecule has 152 valence electrons. The number of aryl methyl sites for hydroxylation is 1. The van der Waals surface area contributed by atoms with Crippen molar-refractivity contribution in [2.45, 2.75) is 38.1 Å². The zero-order chi connectivity index (χ0) is 20.5. The van der Waals surface area contributed by atoms with Gasteiger partial charge in [-0.25, -0.2) is 12.8 Å². The lowest BCUT2D eigenvalue weighted by Gasteiger charge is -2.20. The molecule has 6 nitrogen and oxygen atoms in total. The first kappa shape index (κ1) is 21.0. The van der Waals surface area contributed by atoms with Gasteiger partial charge in [0.05, 0.1) is 0 Å². The molecule has 0 bridgehead atoms. The largest absolute Gasteiger partial charge is 0.455 e. The molecule has 1 aliphatic heterocycles. The van der Waals surface area contributed by atoms with E-state index in [1.165, 1.54) is 28.3 Å². The number of hydrogen-bond donors (Lipinski definition) is 0. The first-order valence-electron chi connectivity index (χ1n) is 9.07. The molecule has 3 rings (SSSR count). The number of hydrogen-bond acceptors (Lipinski definition) is 4. The average Bonchev–Trinajstić information content (AvgIpc) is 3.32. The van der Waals surface area contributed by atoms with E-state index in [2.05, 4.69) is 15.9 Å². The second-order valence-electron chi connectivity index (χ2n) is 6.70. The molecule has 0 unspecified atom stereocenters. The Bertz CT molecular complexity index is 984. The summed E-state index contributed by atoms with van der Waals surface area (Å²) in [6, 6.07) is 5.81. The molecule has 0 spiro atoms. The van der Waals surface area contributed by atoms with Crippen molar-refractivity contribution in [1.29, 1.82) is 0 Å².